The number of hydrogen-bond acceptors (Lipinski definition) is 4. The van der Waals surface area contributed by atoms with Crippen LogP contribution in [0.3, 0.4) is 0 Å². The summed E-state index contributed by atoms with van der Waals surface area (Å²) >= 11 is 0. The maximum atomic E-state index is 7.63. The van der Waals surface area contributed by atoms with Gasteiger partial charge in [-0.1, -0.05) is 132 Å². The van der Waals surface area contributed by atoms with E-state index in [2.05, 4.69) is 184 Å². The third-order valence-electron chi connectivity index (χ3n) is 12.7. The van der Waals surface area contributed by atoms with Gasteiger partial charge < -0.3 is 17.7 Å². The molecular weight excluding hydrogens is 657 g/mol. The zero-order valence-corrected chi connectivity index (χ0v) is 38.6. The molecule has 0 heterocycles. The summed E-state index contributed by atoms with van der Waals surface area (Å²) in [5.41, 5.74) is 4.70. The monoisotopic (exact) mass is 728 g/mol. The fraction of sp³-hybridized carbons (Fsp3) is 0.700. The molecule has 0 aliphatic heterocycles. The van der Waals surface area contributed by atoms with Crippen LogP contribution in [0.5, 0.6) is 0 Å². The van der Waals surface area contributed by atoms with Crippen LogP contribution in [0.25, 0.3) is 0 Å². The highest BCUT2D eigenvalue weighted by atomic mass is 28.4. The lowest BCUT2D eigenvalue weighted by molar-refractivity contribution is 0.00403. The van der Waals surface area contributed by atoms with Crippen LogP contribution in [0.4, 0.5) is 0 Å². The molecule has 0 bridgehead atoms. The Hall–Kier alpha value is -0.852. The predicted octanol–water partition coefficient (Wildman–Crippen LogP) is 13.7. The van der Waals surface area contributed by atoms with Gasteiger partial charge in [0.15, 0.2) is 33.3 Å². The SMILES string of the molecule is CC(C)(C)[Si](C)(C)OC1c2ccccc2C(O[Si](C)(C)C(C)(C)C)C(O[Si](C)(C)C(C)(C)C)c2ccccc2C1O[Si](C)(C)C(C)(C)C. The fourth-order valence-electron chi connectivity index (χ4n) is 5.19. The first-order chi connectivity index (χ1) is 21.3. The summed E-state index contributed by atoms with van der Waals surface area (Å²) in [6.07, 6.45) is -1.18. The van der Waals surface area contributed by atoms with Crippen LogP contribution in [-0.2, 0) is 17.7 Å². The third-order valence-corrected chi connectivity index (χ3v) is 30.5. The molecule has 0 saturated heterocycles. The highest BCUT2D eigenvalue weighted by molar-refractivity contribution is 6.75. The molecule has 8 heteroatoms. The van der Waals surface area contributed by atoms with E-state index in [9.17, 15) is 0 Å². The van der Waals surface area contributed by atoms with Crippen molar-refractivity contribution in [3.8, 4) is 0 Å². The second-order valence-corrected chi connectivity index (χ2v) is 39.5. The van der Waals surface area contributed by atoms with Gasteiger partial charge in [-0.05, 0) is 94.8 Å². The number of benzene rings is 2. The predicted molar refractivity (Wildman–Crippen MR) is 217 cm³/mol. The van der Waals surface area contributed by atoms with E-state index < -0.39 is 33.3 Å². The third kappa shape index (κ3) is 8.60. The molecule has 0 saturated carbocycles. The van der Waals surface area contributed by atoms with Gasteiger partial charge in [0.1, 0.15) is 24.4 Å². The lowest BCUT2D eigenvalue weighted by Crippen LogP contribution is -2.49. The lowest BCUT2D eigenvalue weighted by atomic mass is 9.83. The summed E-state index contributed by atoms with van der Waals surface area (Å²) in [4.78, 5) is 0. The van der Waals surface area contributed by atoms with Gasteiger partial charge in [-0.3, -0.25) is 0 Å². The second-order valence-electron chi connectivity index (χ2n) is 20.5. The summed E-state index contributed by atoms with van der Waals surface area (Å²) in [5, 5.41) is 0.0967. The van der Waals surface area contributed by atoms with Gasteiger partial charge in [0, 0.05) is 0 Å². The number of hydrogen-bond donors (Lipinski definition) is 0. The Morgan fingerprint density at radius 2 is 0.479 bits per heavy atom. The van der Waals surface area contributed by atoms with Gasteiger partial charge in [-0.2, -0.15) is 0 Å². The minimum absolute atomic E-state index is 0.0242. The highest BCUT2D eigenvalue weighted by Crippen LogP contribution is 2.56. The Labute approximate surface area is 300 Å². The summed E-state index contributed by atoms with van der Waals surface area (Å²) in [7, 11) is -9.14. The van der Waals surface area contributed by atoms with Crippen LogP contribution in [0.2, 0.25) is 72.5 Å². The van der Waals surface area contributed by atoms with Crippen molar-refractivity contribution in [2.75, 3.05) is 0 Å². The van der Waals surface area contributed by atoms with Gasteiger partial charge in [0.05, 0.1) is 0 Å². The molecule has 0 radical (unpaired) electrons. The van der Waals surface area contributed by atoms with E-state index in [1.54, 1.807) is 0 Å². The quantitative estimate of drug-likeness (QED) is 0.254. The molecule has 4 nitrogen and oxygen atoms in total. The van der Waals surface area contributed by atoms with Crippen molar-refractivity contribution >= 4 is 33.3 Å². The van der Waals surface area contributed by atoms with Gasteiger partial charge in [0.2, 0.25) is 0 Å². The smallest absolute Gasteiger partial charge is 0.193 e. The molecule has 0 aromatic heterocycles. The van der Waals surface area contributed by atoms with Crippen LogP contribution >= 0.6 is 0 Å². The lowest BCUT2D eigenvalue weighted by Gasteiger charge is -2.50. The van der Waals surface area contributed by atoms with Gasteiger partial charge in [-0.25, -0.2) is 0 Å². The van der Waals surface area contributed by atoms with E-state index in [1.165, 1.54) is 22.3 Å². The zero-order valence-electron chi connectivity index (χ0n) is 34.6. The van der Waals surface area contributed by atoms with Crippen molar-refractivity contribution in [3.05, 3.63) is 70.8 Å². The molecule has 2 aromatic rings. The van der Waals surface area contributed by atoms with Crippen LogP contribution < -0.4 is 0 Å². The first-order valence-electron chi connectivity index (χ1n) is 18.2. The number of rotatable bonds is 8. The van der Waals surface area contributed by atoms with E-state index >= 15 is 0 Å². The molecule has 272 valence electrons. The average Bonchev–Trinajstić information content (AvgIpc) is 2.89. The first-order valence-corrected chi connectivity index (χ1v) is 29.9. The van der Waals surface area contributed by atoms with E-state index in [1.807, 2.05) is 0 Å². The zero-order chi connectivity index (χ0) is 37.1. The molecule has 0 amide bonds. The molecular formula is C40H72O4Si4. The van der Waals surface area contributed by atoms with E-state index in [4.69, 9.17) is 17.7 Å². The first kappa shape index (κ1) is 41.6. The van der Waals surface area contributed by atoms with Crippen LogP contribution in [-0.4, -0.2) is 33.3 Å². The Balaban J connectivity index is 2.53. The van der Waals surface area contributed by atoms with Crippen LogP contribution in [0.15, 0.2) is 48.5 Å². The topological polar surface area (TPSA) is 36.9 Å². The van der Waals surface area contributed by atoms with Crippen molar-refractivity contribution in [1.82, 2.24) is 0 Å². The molecule has 1 aliphatic rings. The molecule has 2 aromatic carbocycles. The van der Waals surface area contributed by atoms with Crippen molar-refractivity contribution in [1.29, 1.82) is 0 Å². The van der Waals surface area contributed by atoms with Gasteiger partial charge >= 0.3 is 0 Å². The van der Waals surface area contributed by atoms with Crippen LogP contribution in [0.1, 0.15) is 130 Å². The van der Waals surface area contributed by atoms with Gasteiger partial charge in [-0.15, -0.1) is 0 Å². The Kier molecular flexibility index (Phi) is 11.8. The summed E-state index contributed by atoms with van der Waals surface area (Å²) < 4.78 is 30.5. The molecule has 48 heavy (non-hydrogen) atoms. The maximum absolute atomic E-state index is 7.63. The molecule has 4 atom stereocenters. The minimum atomic E-state index is -2.28. The van der Waals surface area contributed by atoms with E-state index in [0.717, 1.165) is 0 Å². The molecule has 3 rings (SSSR count). The maximum Gasteiger partial charge on any atom is 0.193 e. The van der Waals surface area contributed by atoms with Crippen molar-refractivity contribution in [3.63, 3.8) is 0 Å². The molecule has 0 N–H and O–H groups in total. The van der Waals surface area contributed by atoms with Crippen molar-refractivity contribution in [2.45, 2.75) is 180 Å². The average molecular weight is 729 g/mol. The van der Waals surface area contributed by atoms with Crippen LogP contribution in [0, 0.1) is 0 Å². The molecule has 0 fully saturated rings. The summed E-state index contributed by atoms with van der Waals surface area (Å²) in [5.74, 6) is 0. The second kappa shape index (κ2) is 13.6. The standard InChI is InChI=1S/C40H72O4Si4/c1-37(2,3)45(13,14)41-33-29-25-21-22-26-30(29)35(43-47(17,18)39(7,8)9)36(44-48(19,20)40(10,11)12)32-28-24-23-27-31(32)34(33)42-46(15,16)38(4,5)6/h21-28,33-36H,1-20H3. The Bertz CT molecular complexity index is 1190. The summed E-state index contributed by atoms with van der Waals surface area (Å²) in [6.45, 7) is 47.0. The Morgan fingerprint density at radius 1 is 0.333 bits per heavy atom. The molecule has 1 aliphatic carbocycles. The van der Waals surface area contributed by atoms with E-state index in [-0.39, 0.29) is 44.6 Å². The largest absolute Gasteiger partial charge is 0.407 e. The van der Waals surface area contributed by atoms with Gasteiger partial charge in [0.25, 0.3) is 0 Å². The van der Waals surface area contributed by atoms with Crippen molar-refractivity contribution < 1.29 is 17.7 Å². The highest BCUT2D eigenvalue weighted by Gasteiger charge is 2.51. The molecule has 0 spiro atoms. The number of fused-ring (bicyclic) bond motifs is 2. The van der Waals surface area contributed by atoms with Crippen molar-refractivity contribution in [2.24, 2.45) is 0 Å². The van der Waals surface area contributed by atoms with E-state index in [0.29, 0.717) is 0 Å². The fourth-order valence-corrected chi connectivity index (χ4v) is 10.1. The Morgan fingerprint density at radius 3 is 0.604 bits per heavy atom. The minimum Gasteiger partial charge on any atom is -0.407 e. The summed E-state index contributed by atoms with van der Waals surface area (Å²) in [6, 6.07) is 17.8. The normalized spacial score (nSPS) is 22.1. The molecule has 4 unspecified atom stereocenters.